The van der Waals surface area contributed by atoms with Gasteiger partial charge in [0.05, 0.1) is 16.7 Å². The zero-order valence-corrected chi connectivity index (χ0v) is 33.3. The second-order valence-corrected chi connectivity index (χ2v) is 16.0. The van der Waals surface area contributed by atoms with Gasteiger partial charge in [-0.1, -0.05) is 152 Å². The zero-order chi connectivity index (χ0) is 40.7. The SMILES string of the molecule is c1ccc(-c2nc(-c3ccc(-n4c5ccccc5c5cc6ccccc6cc54)c(-c4c5ccccc5cc5oc6ccccc6c45)c3)nc(-c3ccc4ccccc4c3)n2)cc1. The Bertz CT molecular complexity index is 3940. The summed E-state index contributed by atoms with van der Waals surface area (Å²) in [5, 5.41) is 11.5. The zero-order valence-electron chi connectivity index (χ0n) is 33.3. The lowest BCUT2D eigenvalue weighted by Gasteiger charge is -2.18. The van der Waals surface area contributed by atoms with E-state index in [0.29, 0.717) is 17.5 Å². The number of nitrogens with zero attached hydrogens (tertiary/aromatic N) is 4. The van der Waals surface area contributed by atoms with Crippen LogP contribution in [-0.2, 0) is 0 Å². The van der Waals surface area contributed by atoms with Crippen LogP contribution in [0.3, 0.4) is 0 Å². The molecule has 0 unspecified atom stereocenters. The summed E-state index contributed by atoms with van der Waals surface area (Å²) < 4.78 is 9.12. The van der Waals surface area contributed by atoms with E-state index < -0.39 is 0 Å². The van der Waals surface area contributed by atoms with E-state index in [4.69, 9.17) is 19.4 Å². The number of fused-ring (bicyclic) bond motifs is 9. The summed E-state index contributed by atoms with van der Waals surface area (Å²) in [6, 6.07) is 72.9. The highest BCUT2D eigenvalue weighted by atomic mass is 16.3. The van der Waals surface area contributed by atoms with Crippen LogP contribution < -0.4 is 0 Å². The lowest BCUT2D eigenvalue weighted by atomic mass is 9.91. The van der Waals surface area contributed by atoms with Gasteiger partial charge in [-0.3, -0.25) is 0 Å². The summed E-state index contributed by atoms with van der Waals surface area (Å²) in [6.45, 7) is 0. The van der Waals surface area contributed by atoms with Crippen LogP contribution in [0.1, 0.15) is 0 Å². The number of aromatic nitrogens is 4. The first-order valence-electron chi connectivity index (χ1n) is 20.9. The van der Waals surface area contributed by atoms with E-state index in [-0.39, 0.29) is 0 Å². The fourth-order valence-electron chi connectivity index (χ4n) is 9.49. The lowest BCUT2D eigenvalue weighted by Crippen LogP contribution is -2.02. The molecule has 0 fully saturated rings. The van der Waals surface area contributed by atoms with Crippen molar-refractivity contribution in [2.45, 2.75) is 0 Å². The third-order valence-corrected chi connectivity index (χ3v) is 12.4. The summed E-state index contributed by atoms with van der Waals surface area (Å²) in [6.07, 6.45) is 0. The van der Waals surface area contributed by atoms with Crippen LogP contribution >= 0.6 is 0 Å². The van der Waals surface area contributed by atoms with E-state index in [1.807, 2.05) is 24.3 Å². The molecule has 3 aromatic heterocycles. The maximum absolute atomic E-state index is 6.68. The van der Waals surface area contributed by atoms with Gasteiger partial charge in [-0.25, -0.2) is 15.0 Å². The van der Waals surface area contributed by atoms with Gasteiger partial charge in [0.15, 0.2) is 17.5 Å². The van der Waals surface area contributed by atoms with Crippen molar-refractivity contribution in [3.05, 3.63) is 206 Å². The molecule has 5 heteroatoms. The van der Waals surface area contributed by atoms with Crippen molar-refractivity contribution in [3.63, 3.8) is 0 Å². The van der Waals surface area contributed by atoms with E-state index in [9.17, 15) is 0 Å². The fourth-order valence-corrected chi connectivity index (χ4v) is 9.49. The fraction of sp³-hybridized carbons (Fsp3) is 0. The topological polar surface area (TPSA) is 56.7 Å². The molecule has 0 spiro atoms. The predicted molar refractivity (Wildman–Crippen MR) is 256 cm³/mol. The average molecular weight is 791 g/mol. The molecule has 0 aliphatic heterocycles. The molecule has 0 atom stereocenters. The summed E-state index contributed by atoms with van der Waals surface area (Å²) in [4.78, 5) is 15.6. The van der Waals surface area contributed by atoms with Crippen molar-refractivity contribution in [2.24, 2.45) is 0 Å². The van der Waals surface area contributed by atoms with E-state index in [0.717, 1.165) is 82.6 Å². The van der Waals surface area contributed by atoms with Gasteiger partial charge in [0.25, 0.3) is 0 Å². The summed E-state index contributed by atoms with van der Waals surface area (Å²) in [5.41, 5.74) is 9.88. The Labute approximate surface area is 355 Å². The van der Waals surface area contributed by atoms with E-state index in [1.165, 1.54) is 26.9 Å². The highest BCUT2D eigenvalue weighted by Crippen LogP contribution is 2.46. The molecule has 62 heavy (non-hydrogen) atoms. The first-order chi connectivity index (χ1) is 30.7. The summed E-state index contributed by atoms with van der Waals surface area (Å²) >= 11 is 0. The molecule has 288 valence electrons. The molecule has 3 heterocycles. The van der Waals surface area contributed by atoms with Crippen molar-refractivity contribution < 1.29 is 4.42 Å². The van der Waals surface area contributed by atoms with Gasteiger partial charge in [0.2, 0.25) is 0 Å². The number of furan rings is 1. The van der Waals surface area contributed by atoms with Gasteiger partial charge in [-0.05, 0) is 86.9 Å². The highest BCUT2D eigenvalue weighted by Gasteiger charge is 2.24. The van der Waals surface area contributed by atoms with Gasteiger partial charge in [-0.15, -0.1) is 0 Å². The van der Waals surface area contributed by atoms with Crippen molar-refractivity contribution in [3.8, 4) is 51.0 Å². The maximum Gasteiger partial charge on any atom is 0.164 e. The van der Waals surface area contributed by atoms with Crippen LogP contribution in [0, 0.1) is 0 Å². The maximum atomic E-state index is 6.68. The minimum atomic E-state index is 0.594. The molecular weight excluding hydrogens is 757 g/mol. The Balaban J connectivity index is 1.15. The number of benzene rings is 10. The lowest BCUT2D eigenvalue weighted by molar-refractivity contribution is 0.669. The van der Waals surface area contributed by atoms with E-state index >= 15 is 0 Å². The molecule has 0 saturated carbocycles. The number of rotatable bonds is 5. The Kier molecular flexibility index (Phi) is 7.54. The second kappa shape index (κ2) is 13.6. The Hall–Kier alpha value is -8.41. The Morgan fingerprint density at radius 1 is 0.339 bits per heavy atom. The number of para-hydroxylation sites is 2. The molecule has 0 N–H and O–H groups in total. The van der Waals surface area contributed by atoms with Crippen molar-refractivity contribution >= 4 is 76.1 Å². The van der Waals surface area contributed by atoms with Crippen molar-refractivity contribution in [1.29, 1.82) is 0 Å². The molecule has 10 aromatic carbocycles. The third-order valence-electron chi connectivity index (χ3n) is 12.4. The summed E-state index contributed by atoms with van der Waals surface area (Å²) in [5.74, 6) is 1.83. The highest BCUT2D eigenvalue weighted by molar-refractivity contribution is 6.22. The molecular formula is C57H34N4O. The van der Waals surface area contributed by atoms with E-state index in [1.54, 1.807) is 0 Å². The molecule has 13 rings (SSSR count). The van der Waals surface area contributed by atoms with E-state index in [2.05, 4.69) is 187 Å². The third kappa shape index (κ3) is 5.38. The van der Waals surface area contributed by atoms with Gasteiger partial charge >= 0.3 is 0 Å². The largest absolute Gasteiger partial charge is 0.456 e. The molecule has 5 nitrogen and oxygen atoms in total. The van der Waals surface area contributed by atoms with Crippen LogP contribution in [0.15, 0.2) is 211 Å². The molecule has 0 aliphatic carbocycles. The Morgan fingerprint density at radius 2 is 0.919 bits per heavy atom. The summed E-state index contributed by atoms with van der Waals surface area (Å²) in [7, 11) is 0. The van der Waals surface area contributed by atoms with Crippen LogP contribution in [0.25, 0.3) is 127 Å². The van der Waals surface area contributed by atoms with Gasteiger partial charge in [0.1, 0.15) is 11.2 Å². The number of hydrogen-bond donors (Lipinski definition) is 0. The molecule has 0 bridgehead atoms. The quantitative estimate of drug-likeness (QED) is 0.174. The van der Waals surface area contributed by atoms with Crippen LogP contribution in [0.2, 0.25) is 0 Å². The molecule has 0 saturated heterocycles. The van der Waals surface area contributed by atoms with Crippen LogP contribution in [-0.4, -0.2) is 19.5 Å². The molecule has 13 aromatic rings. The Morgan fingerprint density at radius 3 is 1.71 bits per heavy atom. The minimum Gasteiger partial charge on any atom is -0.456 e. The average Bonchev–Trinajstić information content (AvgIpc) is 3.87. The van der Waals surface area contributed by atoms with Crippen LogP contribution in [0.5, 0.6) is 0 Å². The number of hydrogen-bond acceptors (Lipinski definition) is 4. The molecule has 0 amide bonds. The van der Waals surface area contributed by atoms with Gasteiger partial charge in [0, 0.05) is 49.4 Å². The smallest absolute Gasteiger partial charge is 0.164 e. The second-order valence-electron chi connectivity index (χ2n) is 16.0. The predicted octanol–water partition coefficient (Wildman–Crippen LogP) is 15.0. The van der Waals surface area contributed by atoms with Crippen molar-refractivity contribution in [1.82, 2.24) is 19.5 Å². The normalized spacial score (nSPS) is 11.9. The monoisotopic (exact) mass is 790 g/mol. The van der Waals surface area contributed by atoms with Gasteiger partial charge < -0.3 is 8.98 Å². The van der Waals surface area contributed by atoms with Gasteiger partial charge in [-0.2, -0.15) is 0 Å². The van der Waals surface area contributed by atoms with Crippen molar-refractivity contribution in [2.75, 3.05) is 0 Å². The first-order valence-corrected chi connectivity index (χ1v) is 20.9. The standard InChI is InChI=1S/C57H34N4O/c1-2-15-36(16-3-1)55-58-56(41-27-26-35-14-4-5-17-37(35)30-41)60-57(59-55)42-28-29-49(61-48-24-12-10-22-44(48)46-31-38-18-6-7-19-39(38)33-50(46)61)47(32-42)53-43-21-9-8-20-40(43)34-52-54(53)45-23-11-13-25-51(45)62-52/h1-34H. The molecule has 0 radical (unpaired) electrons. The minimum absolute atomic E-state index is 0.594. The van der Waals surface area contributed by atoms with Crippen LogP contribution in [0.4, 0.5) is 0 Å². The molecule has 0 aliphatic rings. The first kappa shape index (κ1) is 34.5.